The van der Waals surface area contributed by atoms with Gasteiger partial charge in [-0.05, 0) is 19.1 Å². The number of carbonyl (C=O) groups excluding carboxylic acids is 1. The molecule has 0 saturated carbocycles. The van der Waals surface area contributed by atoms with Crippen molar-refractivity contribution in [3.63, 3.8) is 0 Å². The monoisotopic (exact) mass is 218 g/mol. The molecule has 0 radical (unpaired) electrons. The summed E-state index contributed by atoms with van der Waals surface area (Å²) in [5.74, 6) is 0. The third kappa shape index (κ3) is 1.38. The lowest BCUT2D eigenvalue weighted by Crippen LogP contribution is -2.37. The Balaban J connectivity index is 1.93. The van der Waals surface area contributed by atoms with E-state index in [1.807, 2.05) is 31.2 Å². The smallest absolute Gasteiger partial charge is 0.415 e. The van der Waals surface area contributed by atoms with Gasteiger partial charge in [-0.25, -0.2) is 4.79 Å². The van der Waals surface area contributed by atoms with Gasteiger partial charge in [-0.1, -0.05) is 17.7 Å². The van der Waals surface area contributed by atoms with Gasteiger partial charge in [0, 0.05) is 18.8 Å². The standard InChI is InChI=1S/C12H14N2O2/c1-8-2-4-9(5-3-8)14-10-6-13-7-11(10)16-12(14)15/h2-5,10-11,13H,6-7H2,1H3. The maximum Gasteiger partial charge on any atom is 0.415 e. The van der Waals surface area contributed by atoms with Crippen LogP contribution in [-0.4, -0.2) is 31.3 Å². The number of aryl methyl sites for hydroxylation is 1. The minimum Gasteiger partial charge on any atom is -0.442 e. The lowest BCUT2D eigenvalue weighted by atomic mass is 10.1. The Morgan fingerprint density at radius 3 is 2.81 bits per heavy atom. The highest BCUT2D eigenvalue weighted by molar-refractivity contribution is 5.91. The molecule has 0 spiro atoms. The summed E-state index contributed by atoms with van der Waals surface area (Å²) in [7, 11) is 0. The molecule has 16 heavy (non-hydrogen) atoms. The fraction of sp³-hybridized carbons (Fsp3) is 0.417. The topological polar surface area (TPSA) is 41.6 Å². The molecule has 84 valence electrons. The van der Waals surface area contributed by atoms with Gasteiger partial charge in [-0.15, -0.1) is 0 Å². The second-order valence-corrected chi connectivity index (χ2v) is 4.35. The molecule has 2 saturated heterocycles. The van der Waals surface area contributed by atoms with Crippen molar-refractivity contribution in [3.8, 4) is 0 Å². The van der Waals surface area contributed by atoms with E-state index in [-0.39, 0.29) is 18.2 Å². The molecule has 2 fully saturated rings. The highest BCUT2D eigenvalue weighted by atomic mass is 16.6. The van der Waals surface area contributed by atoms with Gasteiger partial charge in [-0.3, -0.25) is 4.90 Å². The first-order valence-electron chi connectivity index (χ1n) is 5.53. The summed E-state index contributed by atoms with van der Waals surface area (Å²) < 4.78 is 5.31. The van der Waals surface area contributed by atoms with Crippen molar-refractivity contribution < 1.29 is 9.53 Å². The quantitative estimate of drug-likeness (QED) is 0.772. The molecule has 0 aliphatic carbocycles. The molecule has 2 aliphatic heterocycles. The molecule has 3 rings (SSSR count). The molecule has 1 amide bonds. The average Bonchev–Trinajstić information content (AvgIpc) is 2.79. The molecule has 0 aromatic heterocycles. The van der Waals surface area contributed by atoms with E-state index in [9.17, 15) is 4.79 Å². The summed E-state index contributed by atoms with van der Waals surface area (Å²) in [6.07, 6.45) is -0.214. The van der Waals surface area contributed by atoms with Gasteiger partial charge in [-0.2, -0.15) is 0 Å². The molecule has 2 atom stereocenters. The third-order valence-corrected chi connectivity index (χ3v) is 3.22. The lowest BCUT2D eigenvalue weighted by molar-refractivity contribution is 0.143. The maximum atomic E-state index is 11.7. The summed E-state index contributed by atoms with van der Waals surface area (Å²) in [6, 6.07) is 8.11. The van der Waals surface area contributed by atoms with E-state index in [1.165, 1.54) is 5.56 Å². The number of fused-ring (bicyclic) bond motifs is 1. The number of hydrogen-bond donors (Lipinski definition) is 1. The number of carbonyl (C=O) groups is 1. The van der Waals surface area contributed by atoms with E-state index in [4.69, 9.17) is 4.74 Å². The number of nitrogens with one attached hydrogen (secondary N) is 1. The van der Waals surface area contributed by atoms with E-state index in [0.717, 1.165) is 18.8 Å². The van der Waals surface area contributed by atoms with Crippen LogP contribution in [0, 0.1) is 6.92 Å². The van der Waals surface area contributed by atoms with Crippen molar-refractivity contribution in [1.29, 1.82) is 0 Å². The Labute approximate surface area is 94.2 Å². The molecule has 1 aromatic rings. The second kappa shape index (κ2) is 3.49. The van der Waals surface area contributed by atoms with Crippen molar-refractivity contribution in [2.24, 2.45) is 0 Å². The minimum atomic E-state index is -0.222. The molecule has 2 heterocycles. The lowest BCUT2D eigenvalue weighted by Gasteiger charge is -2.19. The second-order valence-electron chi connectivity index (χ2n) is 4.35. The van der Waals surface area contributed by atoms with Crippen LogP contribution in [0.4, 0.5) is 10.5 Å². The molecule has 4 nitrogen and oxygen atoms in total. The molecular formula is C12H14N2O2. The molecule has 2 aliphatic rings. The van der Waals surface area contributed by atoms with Crippen LogP contribution in [0.2, 0.25) is 0 Å². The summed E-state index contributed by atoms with van der Waals surface area (Å²) in [4.78, 5) is 13.5. The van der Waals surface area contributed by atoms with Crippen LogP contribution in [0.25, 0.3) is 0 Å². The molecular weight excluding hydrogens is 204 g/mol. The zero-order valence-electron chi connectivity index (χ0n) is 9.14. The van der Waals surface area contributed by atoms with E-state index in [2.05, 4.69) is 5.32 Å². The highest BCUT2D eigenvalue weighted by Gasteiger charge is 2.45. The van der Waals surface area contributed by atoms with E-state index < -0.39 is 0 Å². The number of amides is 1. The minimum absolute atomic E-state index is 0.00815. The van der Waals surface area contributed by atoms with E-state index in [0.29, 0.717) is 0 Å². The first kappa shape index (κ1) is 9.66. The highest BCUT2D eigenvalue weighted by Crippen LogP contribution is 2.28. The molecule has 2 unspecified atom stereocenters. The predicted octanol–water partition coefficient (Wildman–Crippen LogP) is 1.29. The van der Waals surface area contributed by atoms with Crippen molar-refractivity contribution in [3.05, 3.63) is 29.8 Å². The fourth-order valence-corrected chi connectivity index (χ4v) is 2.34. The summed E-state index contributed by atoms with van der Waals surface area (Å²) >= 11 is 0. The number of anilines is 1. The maximum absolute atomic E-state index is 11.7. The molecule has 1 aromatic carbocycles. The summed E-state index contributed by atoms with van der Waals surface area (Å²) in [5.41, 5.74) is 2.12. The van der Waals surface area contributed by atoms with Gasteiger partial charge < -0.3 is 10.1 Å². The van der Waals surface area contributed by atoms with Crippen LogP contribution in [0.1, 0.15) is 5.56 Å². The zero-order chi connectivity index (χ0) is 11.1. The number of benzene rings is 1. The first-order chi connectivity index (χ1) is 7.75. The van der Waals surface area contributed by atoms with Crippen LogP contribution < -0.4 is 10.2 Å². The number of rotatable bonds is 1. The Morgan fingerprint density at radius 1 is 1.31 bits per heavy atom. The van der Waals surface area contributed by atoms with Crippen LogP contribution >= 0.6 is 0 Å². The molecule has 4 heteroatoms. The average molecular weight is 218 g/mol. The van der Waals surface area contributed by atoms with Crippen LogP contribution in [0.15, 0.2) is 24.3 Å². The first-order valence-corrected chi connectivity index (χ1v) is 5.53. The van der Waals surface area contributed by atoms with Crippen molar-refractivity contribution in [2.75, 3.05) is 18.0 Å². The van der Waals surface area contributed by atoms with Gasteiger partial charge in [0.05, 0.1) is 6.04 Å². The summed E-state index contributed by atoms with van der Waals surface area (Å²) in [6.45, 7) is 3.61. The Morgan fingerprint density at radius 2 is 2.06 bits per heavy atom. The van der Waals surface area contributed by atoms with Crippen molar-refractivity contribution >= 4 is 11.8 Å². The van der Waals surface area contributed by atoms with Crippen LogP contribution in [0.3, 0.4) is 0 Å². The molecule has 0 bridgehead atoms. The number of ether oxygens (including phenoxy) is 1. The number of nitrogens with zero attached hydrogens (tertiary/aromatic N) is 1. The van der Waals surface area contributed by atoms with Crippen molar-refractivity contribution in [2.45, 2.75) is 19.1 Å². The molecule has 1 N–H and O–H groups in total. The predicted molar refractivity (Wildman–Crippen MR) is 60.6 cm³/mol. The van der Waals surface area contributed by atoms with Gasteiger partial charge in [0.25, 0.3) is 0 Å². The van der Waals surface area contributed by atoms with Crippen LogP contribution in [-0.2, 0) is 4.74 Å². The van der Waals surface area contributed by atoms with Gasteiger partial charge in [0.1, 0.15) is 6.10 Å². The van der Waals surface area contributed by atoms with Crippen LogP contribution in [0.5, 0.6) is 0 Å². The van der Waals surface area contributed by atoms with Gasteiger partial charge in [0.15, 0.2) is 0 Å². The summed E-state index contributed by atoms with van der Waals surface area (Å²) in [5, 5.41) is 3.24. The Bertz CT molecular complexity index is 416. The van der Waals surface area contributed by atoms with E-state index in [1.54, 1.807) is 4.90 Å². The largest absolute Gasteiger partial charge is 0.442 e. The fourth-order valence-electron chi connectivity index (χ4n) is 2.34. The van der Waals surface area contributed by atoms with Gasteiger partial charge in [0.2, 0.25) is 0 Å². The zero-order valence-corrected chi connectivity index (χ0v) is 9.14. The normalized spacial score (nSPS) is 28.1. The SMILES string of the molecule is Cc1ccc(N2C(=O)OC3CNCC32)cc1. The third-order valence-electron chi connectivity index (χ3n) is 3.22. The van der Waals surface area contributed by atoms with Crippen molar-refractivity contribution in [1.82, 2.24) is 5.32 Å². The Hall–Kier alpha value is -1.55. The number of hydrogen-bond acceptors (Lipinski definition) is 3. The Kier molecular flexibility index (Phi) is 2.11. The van der Waals surface area contributed by atoms with E-state index >= 15 is 0 Å². The van der Waals surface area contributed by atoms with Gasteiger partial charge >= 0.3 is 6.09 Å².